The van der Waals surface area contributed by atoms with E-state index in [1.807, 2.05) is 0 Å². The smallest absolute Gasteiger partial charge is 0.303 e. The van der Waals surface area contributed by atoms with Gasteiger partial charge < -0.3 is 21.1 Å². The minimum Gasteiger partial charge on any atom is -0.481 e. The number of imidazole rings is 1. The summed E-state index contributed by atoms with van der Waals surface area (Å²) in [7, 11) is 0. The highest BCUT2D eigenvalue weighted by atomic mass is 16.4. The summed E-state index contributed by atoms with van der Waals surface area (Å²) in [5, 5.41) is 11.1. The van der Waals surface area contributed by atoms with Crippen molar-refractivity contribution in [3.8, 4) is 0 Å². The second-order valence-electron chi connectivity index (χ2n) is 4.01. The van der Waals surface area contributed by atoms with Crippen LogP contribution in [0.1, 0.15) is 25.0 Å². The Morgan fingerprint density at radius 1 is 1.56 bits per heavy atom. The molecule has 1 aromatic rings. The fourth-order valence-electron chi connectivity index (χ4n) is 1.45. The molecular weight excluding hydrogens is 236 g/mol. The lowest BCUT2D eigenvalue weighted by Crippen LogP contribution is -2.41. The molecule has 1 unspecified atom stereocenters. The molecule has 0 saturated heterocycles. The van der Waals surface area contributed by atoms with Crippen molar-refractivity contribution in [2.45, 2.75) is 31.7 Å². The number of hydrogen-bond acceptors (Lipinski definition) is 4. The molecule has 5 N–H and O–H groups in total. The van der Waals surface area contributed by atoms with Crippen LogP contribution in [0.5, 0.6) is 0 Å². The number of hydrogen-bond donors (Lipinski definition) is 4. The minimum absolute atomic E-state index is 0.0945. The highest BCUT2D eigenvalue weighted by molar-refractivity contribution is 5.82. The Balaban J connectivity index is 2.10. The lowest BCUT2D eigenvalue weighted by Gasteiger charge is -2.10. The molecule has 1 rings (SSSR count). The van der Waals surface area contributed by atoms with E-state index in [0.29, 0.717) is 6.54 Å². The largest absolute Gasteiger partial charge is 0.481 e. The third kappa shape index (κ3) is 5.44. The molecule has 18 heavy (non-hydrogen) atoms. The van der Waals surface area contributed by atoms with Crippen LogP contribution in [0.2, 0.25) is 0 Å². The standard InChI is InChI=1S/C11H18N4O3/c12-9(3-4-10(16)17)11(18)14-5-1-2-8-6-13-7-15-8/h6-7,9H,1-5,12H2,(H,13,15)(H,14,18)(H,16,17). The van der Waals surface area contributed by atoms with E-state index in [4.69, 9.17) is 10.8 Å². The predicted octanol–water partition coefficient (Wildman–Crippen LogP) is -0.349. The van der Waals surface area contributed by atoms with Crippen LogP contribution < -0.4 is 11.1 Å². The van der Waals surface area contributed by atoms with Gasteiger partial charge in [-0.25, -0.2) is 4.98 Å². The number of aliphatic carboxylic acids is 1. The maximum absolute atomic E-state index is 11.5. The number of aryl methyl sites for hydroxylation is 1. The number of carbonyl (C=O) groups excluding carboxylic acids is 1. The Morgan fingerprint density at radius 3 is 2.94 bits per heavy atom. The van der Waals surface area contributed by atoms with Crippen LogP contribution >= 0.6 is 0 Å². The van der Waals surface area contributed by atoms with Crippen molar-refractivity contribution in [3.63, 3.8) is 0 Å². The molecule has 1 amide bonds. The fraction of sp³-hybridized carbons (Fsp3) is 0.545. The number of aromatic nitrogens is 2. The van der Waals surface area contributed by atoms with Crippen LogP contribution in [0.4, 0.5) is 0 Å². The number of carboxylic acids is 1. The number of nitrogens with one attached hydrogen (secondary N) is 2. The maximum atomic E-state index is 11.5. The van der Waals surface area contributed by atoms with Gasteiger partial charge in [-0.05, 0) is 19.3 Å². The van der Waals surface area contributed by atoms with Gasteiger partial charge >= 0.3 is 5.97 Å². The summed E-state index contributed by atoms with van der Waals surface area (Å²) in [6.07, 6.45) is 4.98. The van der Waals surface area contributed by atoms with Crippen molar-refractivity contribution in [3.05, 3.63) is 18.2 Å². The monoisotopic (exact) mass is 254 g/mol. The molecule has 1 atom stereocenters. The van der Waals surface area contributed by atoms with E-state index in [1.54, 1.807) is 12.5 Å². The molecule has 0 aromatic carbocycles. The lowest BCUT2D eigenvalue weighted by molar-refractivity contribution is -0.137. The Labute approximate surface area is 105 Å². The fourth-order valence-corrected chi connectivity index (χ4v) is 1.45. The molecule has 0 bridgehead atoms. The summed E-state index contributed by atoms with van der Waals surface area (Å²) >= 11 is 0. The van der Waals surface area contributed by atoms with Crippen molar-refractivity contribution in [2.75, 3.05) is 6.54 Å². The first kappa shape index (κ1) is 14.2. The van der Waals surface area contributed by atoms with Gasteiger partial charge in [0, 0.05) is 24.9 Å². The van der Waals surface area contributed by atoms with Crippen molar-refractivity contribution >= 4 is 11.9 Å². The first-order valence-corrected chi connectivity index (χ1v) is 5.82. The first-order chi connectivity index (χ1) is 8.59. The number of H-pyrrole nitrogens is 1. The average molecular weight is 254 g/mol. The zero-order chi connectivity index (χ0) is 13.4. The van der Waals surface area contributed by atoms with E-state index >= 15 is 0 Å². The van der Waals surface area contributed by atoms with Gasteiger partial charge in [-0.3, -0.25) is 9.59 Å². The minimum atomic E-state index is -0.947. The summed E-state index contributed by atoms with van der Waals surface area (Å²) in [4.78, 5) is 28.6. The van der Waals surface area contributed by atoms with E-state index < -0.39 is 12.0 Å². The number of nitrogens with zero attached hydrogens (tertiary/aromatic N) is 1. The predicted molar refractivity (Wildman–Crippen MR) is 64.8 cm³/mol. The van der Waals surface area contributed by atoms with E-state index in [2.05, 4.69) is 15.3 Å². The average Bonchev–Trinajstić information content (AvgIpc) is 2.84. The Bertz CT molecular complexity index is 378. The summed E-state index contributed by atoms with van der Waals surface area (Å²) in [5.41, 5.74) is 6.56. The van der Waals surface area contributed by atoms with E-state index in [1.165, 1.54) is 0 Å². The Kier molecular flexibility index (Phi) is 5.86. The molecular formula is C11H18N4O3. The summed E-state index contributed by atoms with van der Waals surface area (Å²) in [6.45, 7) is 0.513. The molecule has 0 saturated carbocycles. The Morgan fingerprint density at radius 2 is 2.33 bits per heavy atom. The molecule has 0 aliphatic carbocycles. The normalized spacial score (nSPS) is 12.1. The molecule has 1 aromatic heterocycles. The molecule has 7 heteroatoms. The SMILES string of the molecule is NC(CCC(=O)O)C(=O)NCCCc1cnc[nH]1. The van der Waals surface area contributed by atoms with Crippen LogP contribution in [0.25, 0.3) is 0 Å². The van der Waals surface area contributed by atoms with E-state index in [9.17, 15) is 9.59 Å². The zero-order valence-corrected chi connectivity index (χ0v) is 10.1. The first-order valence-electron chi connectivity index (χ1n) is 5.82. The molecule has 0 spiro atoms. The maximum Gasteiger partial charge on any atom is 0.303 e. The summed E-state index contributed by atoms with van der Waals surface area (Å²) in [6, 6.07) is -0.756. The van der Waals surface area contributed by atoms with Gasteiger partial charge in [-0.15, -0.1) is 0 Å². The number of aromatic amines is 1. The molecule has 0 fully saturated rings. The summed E-state index contributed by atoms with van der Waals surface area (Å²) in [5.74, 6) is -1.25. The molecule has 1 heterocycles. The second-order valence-corrected chi connectivity index (χ2v) is 4.01. The van der Waals surface area contributed by atoms with Crippen LogP contribution in [0, 0.1) is 0 Å². The van der Waals surface area contributed by atoms with Crippen molar-refractivity contribution in [1.82, 2.24) is 15.3 Å². The molecule has 0 aliphatic rings. The van der Waals surface area contributed by atoms with E-state index in [0.717, 1.165) is 18.5 Å². The highest BCUT2D eigenvalue weighted by Gasteiger charge is 2.13. The van der Waals surface area contributed by atoms with Crippen molar-refractivity contribution in [1.29, 1.82) is 0 Å². The molecule has 0 aliphatic heterocycles. The molecule has 7 nitrogen and oxygen atoms in total. The third-order valence-corrected chi connectivity index (χ3v) is 2.48. The number of nitrogens with two attached hydrogens (primary N) is 1. The van der Waals surface area contributed by atoms with Gasteiger partial charge in [0.15, 0.2) is 0 Å². The Hall–Kier alpha value is -1.89. The molecule has 0 radical (unpaired) electrons. The van der Waals surface area contributed by atoms with E-state index in [-0.39, 0.29) is 18.7 Å². The number of rotatable bonds is 8. The number of amides is 1. The van der Waals surface area contributed by atoms with Gasteiger partial charge in [0.1, 0.15) is 0 Å². The van der Waals surface area contributed by atoms with Gasteiger partial charge in [0.2, 0.25) is 5.91 Å². The second kappa shape index (κ2) is 7.44. The third-order valence-electron chi connectivity index (χ3n) is 2.48. The van der Waals surface area contributed by atoms with Gasteiger partial charge in [0.25, 0.3) is 0 Å². The van der Waals surface area contributed by atoms with Crippen molar-refractivity contribution < 1.29 is 14.7 Å². The van der Waals surface area contributed by atoms with Crippen LogP contribution in [0.3, 0.4) is 0 Å². The lowest BCUT2D eigenvalue weighted by atomic mass is 10.1. The van der Waals surface area contributed by atoms with Crippen LogP contribution in [-0.4, -0.2) is 39.5 Å². The highest BCUT2D eigenvalue weighted by Crippen LogP contribution is 1.97. The quantitative estimate of drug-likeness (QED) is 0.472. The van der Waals surface area contributed by atoms with Crippen molar-refractivity contribution in [2.24, 2.45) is 5.73 Å². The van der Waals surface area contributed by atoms with Gasteiger partial charge in [-0.2, -0.15) is 0 Å². The van der Waals surface area contributed by atoms with Gasteiger partial charge in [0.05, 0.1) is 12.4 Å². The topological polar surface area (TPSA) is 121 Å². The summed E-state index contributed by atoms with van der Waals surface area (Å²) < 4.78 is 0. The number of carboxylic acid groups (broad SMARTS) is 1. The number of carbonyl (C=O) groups is 2. The van der Waals surface area contributed by atoms with Crippen LogP contribution in [0.15, 0.2) is 12.5 Å². The molecule has 100 valence electrons. The zero-order valence-electron chi connectivity index (χ0n) is 10.1. The van der Waals surface area contributed by atoms with Crippen LogP contribution in [-0.2, 0) is 16.0 Å². The van der Waals surface area contributed by atoms with Gasteiger partial charge in [-0.1, -0.05) is 0 Å².